The van der Waals surface area contributed by atoms with Crippen LogP contribution in [0.1, 0.15) is 5.56 Å². The number of hydrogen-bond acceptors (Lipinski definition) is 4. The van der Waals surface area contributed by atoms with Crippen LogP contribution >= 0.6 is 0 Å². The molecule has 0 atom stereocenters. The molecule has 0 unspecified atom stereocenters. The van der Waals surface area contributed by atoms with Crippen LogP contribution in [0.25, 0.3) is 10.9 Å². The summed E-state index contributed by atoms with van der Waals surface area (Å²) in [5, 5.41) is 3.80. The van der Waals surface area contributed by atoms with E-state index in [4.69, 9.17) is 9.47 Å². The molecule has 0 bridgehead atoms. The van der Waals surface area contributed by atoms with Crippen LogP contribution in [0.5, 0.6) is 11.5 Å². The molecule has 2 aromatic carbocycles. The van der Waals surface area contributed by atoms with E-state index < -0.39 is 0 Å². The monoisotopic (exact) mass is 322 g/mol. The van der Waals surface area contributed by atoms with Crippen LogP contribution in [0.3, 0.4) is 0 Å². The van der Waals surface area contributed by atoms with Gasteiger partial charge in [-0.25, -0.2) is 0 Å². The molecule has 0 saturated carbocycles. The van der Waals surface area contributed by atoms with E-state index >= 15 is 0 Å². The minimum Gasteiger partial charge on any atom is -0.496 e. The van der Waals surface area contributed by atoms with Gasteiger partial charge in [0.1, 0.15) is 17.0 Å². The van der Waals surface area contributed by atoms with Gasteiger partial charge in [-0.15, -0.1) is 0 Å². The summed E-state index contributed by atoms with van der Waals surface area (Å²) >= 11 is 0. The molecular formula is C19H18N2O3. The van der Waals surface area contributed by atoms with Crippen LogP contribution in [-0.2, 0) is 11.3 Å². The number of nitrogens with one attached hydrogen (secondary N) is 1. The van der Waals surface area contributed by atoms with Crippen LogP contribution in [-0.4, -0.2) is 24.6 Å². The third-order valence-electron chi connectivity index (χ3n) is 3.62. The molecule has 0 spiro atoms. The SMILES string of the molecule is COc1ccccc1CNC(=O)COc1cccc2cccnc12. The van der Waals surface area contributed by atoms with Crippen LogP contribution in [0, 0.1) is 0 Å². The highest BCUT2D eigenvalue weighted by Gasteiger charge is 2.08. The van der Waals surface area contributed by atoms with Crippen molar-refractivity contribution in [3.63, 3.8) is 0 Å². The lowest BCUT2D eigenvalue weighted by Gasteiger charge is -2.11. The van der Waals surface area contributed by atoms with Gasteiger partial charge in [0.15, 0.2) is 6.61 Å². The van der Waals surface area contributed by atoms with Gasteiger partial charge in [-0.05, 0) is 18.2 Å². The summed E-state index contributed by atoms with van der Waals surface area (Å²) in [6.07, 6.45) is 1.71. The van der Waals surface area contributed by atoms with Crippen molar-refractivity contribution in [3.05, 3.63) is 66.4 Å². The minimum absolute atomic E-state index is 0.0646. The van der Waals surface area contributed by atoms with Crippen molar-refractivity contribution in [3.8, 4) is 11.5 Å². The van der Waals surface area contributed by atoms with Gasteiger partial charge in [-0.3, -0.25) is 9.78 Å². The second-order valence-electron chi connectivity index (χ2n) is 5.21. The molecule has 0 aliphatic heterocycles. The molecule has 3 rings (SSSR count). The first-order valence-corrected chi connectivity index (χ1v) is 7.63. The number of rotatable bonds is 6. The molecule has 1 amide bonds. The van der Waals surface area contributed by atoms with Crippen molar-refractivity contribution in [2.24, 2.45) is 0 Å². The Morgan fingerprint density at radius 1 is 1.04 bits per heavy atom. The van der Waals surface area contributed by atoms with Crippen molar-refractivity contribution in [1.29, 1.82) is 0 Å². The third-order valence-corrected chi connectivity index (χ3v) is 3.62. The molecule has 0 radical (unpaired) electrons. The third kappa shape index (κ3) is 3.63. The normalized spacial score (nSPS) is 10.4. The number of benzene rings is 2. The summed E-state index contributed by atoms with van der Waals surface area (Å²) in [5.74, 6) is 1.14. The number of hydrogen-bond donors (Lipinski definition) is 1. The summed E-state index contributed by atoms with van der Waals surface area (Å²) < 4.78 is 10.9. The van der Waals surface area contributed by atoms with E-state index in [0.717, 1.165) is 22.2 Å². The Balaban J connectivity index is 1.59. The van der Waals surface area contributed by atoms with Gasteiger partial charge in [0.25, 0.3) is 5.91 Å². The molecular weight excluding hydrogens is 304 g/mol. The fraction of sp³-hybridized carbons (Fsp3) is 0.158. The molecule has 24 heavy (non-hydrogen) atoms. The topological polar surface area (TPSA) is 60.5 Å². The Morgan fingerprint density at radius 3 is 2.71 bits per heavy atom. The predicted octanol–water partition coefficient (Wildman–Crippen LogP) is 2.94. The van der Waals surface area contributed by atoms with E-state index in [9.17, 15) is 4.79 Å². The van der Waals surface area contributed by atoms with Crippen LogP contribution in [0.2, 0.25) is 0 Å². The summed E-state index contributed by atoms with van der Waals surface area (Å²) in [6.45, 7) is 0.324. The van der Waals surface area contributed by atoms with Crippen LogP contribution in [0.15, 0.2) is 60.8 Å². The zero-order chi connectivity index (χ0) is 16.8. The smallest absolute Gasteiger partial charge is 0.258 e. The maximum Gasteiger partial charge on any atom is 0.258 e. The van der Waals surface area contributed by atoms with Gasteiger partial charge >= 0.3 is 0 Å². The Hall–Kier alpha value is -3.08. The zero-order valence-corrected chi connectivity index (χ0v) is 13.4. The number of amides is 1. The molecule has 122 valence electrons. The van der Waals surface area contributed by atoms with E-state index in [1.54, 1.807) is 13.3 Å². The first-order chi connectivity index (χ1) is 11.8. The summed E-state index contributed by atoms with van der Waals surface area (Å²) in [6, 6.07) is 17.0. The maximum absolute atomic E-state index is 12.0. The molecule has 0 aliphatic carbocycles. The van der Waals surface area contributed by atoms with E-state index in [2.05, 4.69) is 10.3 Å². The van der Waals surface area contributed by atoms with Gasteiger partial charge in [0.2, 0.25) is 0 Å². The number of pyridine rings is 1. The number of ether oxygens (including phenoxy) is 2. The summed E-state index contributed by atoms with van der Waals surface area (Å²) in [5.41, 5.74) is 1.66. The fourth-order valence-corrected chi connectivity index (χ4v) is 2.43. The fourth-order valence-electron chi connectivity index (χ4n) is 2.43. The average Bonchev–Trinajstić information content (AvgIpc) is 2.64. The first kappa shape index (κ1) is 15.8. The van der Waals surface area contributed by atoms with Crippen molar-refractivity contribution in [2.75, 3.05) is 13.7 Å². The lowest BCUT2D eigenvalue weighted by Crippen LogP contribution is -2.28. The minimum atomic E-state index is -0.200. The molecule has 1 heterocycles. The van der Waals surface area contributed by atoms with Gasteiger partial charge in [-0.2, -0.15) is 0 Å². The highest BCUT2D eigenvalue weighted by atomic mass is 16.5. The zero-order valence-electron chi connectivity index (χ0n) is 13.4. The van der Waals surface area contributed by atoms with Crippen molar-refractivity contribution < 1.29 is 14.3 Å². The van der Waals surface area contributed by atoms with Crippen molar-refractivity contribution >= 4 is 16.8 Å². The predicted molar refractivity (Wildman–Crippen MR) is 92.1 cm³/mol. The molecule has 5 heteroatoms. The molecule has 0 saturated heterocycles. The standard InChI is InChI=1S/C19H18N2O3/c1-23-16-9-3-2-6-15(16)12-21-18(22)13-24-17-10-4-7-14-8-5-11-20-19(14)17/h2-11H,12-13H2,1H3,(H,21,22). The molecule has 1 aromatic heterocycles. The Labute approximate surface area is 140 Å². The Bertz CT molecular complexity index is 843. The molecule has 5 nitrogen and oxygen atoms in total. The number of methoxy groups -OCH3 is 1. The largest absolute Gasteiger partial charge is 0.496 e. The highest BCUT2D eigenvalue weighted by molar-refractivity contribution is 5.85. The molecule has 1 N–H and O–H groups in total. The van der Waals surface area contributed by atoms with E-state index in [-0.39, 0.29) is 12.5 Å². The second-order valence-corrected chi connectivity index (χ2v) is 5.21. The molecule has 0 aliphatic rings. The number of carbonyl (C=O) groups is 1. The first-order valence-electron chi connectivity index (χ1n) is 7.63. The van der Waals surface area contributed by atoms with Crippen molar-refractivity contribution in [1.82, 2.24) is 10.3 Å². The Kier molecular flexibility index (Phi) is 4.91. The van der Waals surface area contributed by atoms with E-state index in [1.807, 2.05) is 54.6 Å². The number of aromatic nitrogens is 1. The van der Waals surface area contributed by atoms with E-state index in [1.165, 1.54) is 0 Å². The number of carbonyl (C=O) groups excluding carboxylic acids is 1. The van der Waals surface area contributed by atoms with E-state index in [0.29, 0.717) is 12.3 Å². The summed E-state index contributed by atoms with van der Waals surface area (Å²) in [4.78, 5) is 16.3. The second kappa shape index (κ2) is 7.46. The quantitative estimate of drug-likeness (QED) is 0.758. The number of para-hydroxylation sites is 2. The maximum atomic E-state index is 12.0. The van der Waals surface area contributed by atoms with Gasteiger partial charge in [-0.1, -0.05) is 36.4 Å². The lowest BCUT2D eigenvalue weighted by molar-refractivity contribution is -0.123. The van der Waals surface area contributed by atoms with Crippen LogP contribution < -0.4 is 14.8 Å². The average molecular weight is 322 g/mol. The number of nitrogens with zero attached hydrogens (tertiary/aromatic N) is 1. The van der Waals surface area contributed by atoms with Gasteiger partial charge in [0.05, 0.1) is 7.11 Å². The summed E-state index contributed by atoms with van der Waals surface area (Å²) in [7, 11) is 1.61. The molecule has 3 aromatic rings. The van der Waals surface area contributed by atoms with Gasteiger partial charge in [0, 0.05) is 23.7 Å². The highest BCUT2D eigenvalue weighted by Crippen LogP contribution is 2.22. The van der Waals surface area contributed by atoms with Crippen molar-refractivity contribution in [2.45, 2.75) is 6.54 Å². The number of fused-ring (bicyclic) bond motifs is 1. The van der Waals surface area contributed by atoms with Gasteiger partial charge < -0.3 is 14.8 Å². The molecule has 0 fully saturated rings. The van der Waals surface area contributed by atoms with Crippen LogP contribution in [0.4, 0.5) is 0 Å². The lowest BCUT2D eigenvalue weighted by atomic mass is 10.2. The Morgan fingerprint density at radius 2 is 1.83 bits per heavy atom.